The van der Waals surface area contributed by atoms with Crippen LogP contribution >= 0.6 is 23.2 Å². The zero-order valence-corrected chi connectivity index (χ0v) is 16.0. The molecule has 27 heavy (non-hydrogen) atoms. The second-order valence-corrected chi connectivity index (χ2v) is 6.81. The van der Waals surface area contributed by atoms with E-state index in [1.807, 2.05) is 19.1 Å². The minimum absolute atomic E-state index is 0.0680. The lowest BCUT2D eigenvalue weighted by molar-refractivity contribution is -0.140. The molecule has 3 rings (SSSR count). The number of benzene rings is 2. The van der Waals surface area contributed by atoms with E-state index in [0.29, 0.717) is 27.7 Å². The van der Waals surface area contributed by atoms with Crippen molar-refractivity contribution in [1.29, 1.82) is 0 Å². The average Bonchev–Trinajstić information content (AvgIpc) is 2.92. The standard InChI is InChI=1S/C19H17Cl2N3O3/c1-2-24-15-6-4-3-5-13(15)16(19(24)27)23-18(26)17(25)22-10-11-7-8-12(20)9-14(11)21/h3-9,16H,2,10H2,1H3,(H,22,25)(H,23,26)/t16-/m0/s1. The first-order valence-electron chi connectivity index (χ1n) is 8.35. The second kappa shape index (κ2) is 7.98. The van der Waals surface area contributed by atoms with Crippen molar-refractivity contribution in [3.8, 4) is 0 Å². The van der Waals surface area contributed by atoms with Crippen molar-refractivity contribution in [2.45, 2.75) is 19.5 Å². The van der Waals surface area contributed by atoms with Crippen molar-refractivity contribution in [1.82, 2.24) is 10.6 Å². The fourth-order valence-electron chi connectivity index (χ4n) is 2.97. The topological polar surface area (TPSA) is 78.5 Å². The van der Waals surface area contributed by atoms with Crippen molar-refractivity contribution < 1.29 is 14.4 Å². The summed E-state index contributed by atoms with van der Waals surface area (Å²) in [4.78, 5) is 38.5. The molecule has 1 heterocycles. The third-order valence-corrected chi connectivity index (χ3v) is 4.89. The smallest absolute Gasteiger partial charge is 0.310 e. The average molecular weight is 406 g/mol. The number of hydrogen-bond acceptors (Lipinski definition) is 3. The Hall–Kier alpha value is -2.57. The van der Waals surface area contributed by atoms with Gasteiger partial charge < -0.3 is 15.5 Å². The number of carbonyl (C=O) groups excluding carboxylic acids is 3. The number of hydrogen-bond donors (Lipinski definition) is 2. The lowest BCUT2D eigenvalue weighted by Gasteiger charge is -2.15. The molecule has 1 atom stereocenters. The maximum Gasteiger partial charge on any atom is 0.310 e. The summed E-state index contributed by atoms with van der Waals surface area (Å²) >= 11 is 11.9. The van der Waals surface area contributed by atoms with E-state index in [2.05, 4.69) is 10.6 Å². The lowest BCUT2D eigenvalue weighted by Crippen LogP contribution is -2.44. The number of nitrogens with zero attached hydrogens (tertiary/aromatic N) is 1. The number of likely N-dealkylation sites (N-methyl/N-ethyl adjacent to an activating group) is 1. The highest BCUT2D eigenvalue weighted by Gasteiger charge is 2.37. The van der Waals surface area contributed by atoms with Gasteiger partial charge in [-0.15, -0.1) is 0 Å². The highest BCUT2D eigenvalue weighted by Crippen LogP contribution is 2.35. The zero-order chi connectivity index (χ0) is 19.6. The van der Waals surface area contributed by atoms with E-state index in [9.17, 15) is 14.4 Å². The van der Waals surface area contributed by atoms with Gasteiger partial charge in [-0.3, -0.25) is 14.4 Å². The molecule has 1 aliphatic heterocycles. The summed E-state index contributed by atoms with van der Waals surface area (Å²) in [7, 11) is 0. The van der Waals surface area contributed by atoms with E-state index >= 15 is 0 Å². The molecule has 0 aromatic heterocycles. The number of carbonyl (C=O) groups is 3. The van der Waals surface area contributed by atoms with E-state index in [4.69, 9.17) is 23.2 Å². The first-order valence-corrected chi connectivity index (χ1v) is 9.11. The van der Waals surface area contributed by atoms with Crippen LogP contribution in [0.3, 0.4) is 0 Å². The maximum atomic E-state index is 12.6. The van der Waals surface area contributed by atoms with Gasteiger partial charge in [0.2, 0.25) is 0 Å². The minimum atomic E-state index is -0.883. The third-order valence-electron chi connectivity index (χ3n) is 4.30. The molecule has 3 amide bonds. The molecule has 2 aromatic carbocycles. The Morgan fingerprint density at radius 3 is 2.56 bits per heavy atom. The largest absolute Gasteiger partial charge is 0.344 e. The number of nitrogens with one attached hydrogen (secondary N) is 2. The fourth-order valence-corrected chi connectivity index (χ4v) is 3.44. The summed E-state index contributed by atoms with van der Waals surface area (Å²) in [5.74, 6) is -1.99. The molecule has 140 valence electrons. The lowest BCUT2D eigenvalue weighted by atomic mass is 10.1. The normalized spacial score (nSPS) is 15.4. The Labute approximate surface area is 166 Å². The van der Waals surface area contributed by atoms with Crippen LogP contribution in [0.2, 0.25) is 10.0 Å². The highest BCUT2D eigenvalue weighted by atomic mass is 35.5. The molecule has 0 aliphatic carbocycles. The molecular weight excluding hydrogens is 389 g/mol. The van der Waals surface area contributed by atoms with Crippen LogP contribution in [0.15, 0.2) is 42.5 Å². The second-order valence-electron chi connectivity index (χ2n) is 5.97. The summed E-state index contributed by atoms with van der Waals surface area (Å²) in [6.07, 6.45) is 0. The SMILES string of the molecule is CCN1C(=O)[C@@H](NC(=O)C(=O)NCc2ccc(Cl)cc2Cl)c2ccccc21. The molecular formula is C19H17Cl2N3O3. The van der Waals surface area contributed by atoms with Crippen molar-refractivity contribution in [3.63, 3.8) is 0 Å². The van der Waals surface area contributed by atoms with Crippen molar-refractivity contribution >= 4 is 46.6 Å². The number of fused-ring (bicyclic) bond motifs is 1. The first-order chi connectivity index (χ1) is 12.9. The van der Waals surface area contributed by atoms with E-state index in [0.717, 1.165) is 5.69 Å². The van der Waals surface area contributed by atoms with Crippen LogP contribution in [0.5, 0.6) is 0 Å². The van der Waals surface area contributed by atoms with Crippen LogP contribution in [0.4, 0.5) is 5.69 Å². The van der Waals surface area contributed by atoms with Crippen LogP contribution in [0.25, 0.3) is 0 Å². The van der Waals surface area contributed by atoms with Gasteiger partial charge in [0.05, 0.1) is 0 Å². The van der Waals surface area contributed by atoms with Gasteiger partial charge in [-0.05, 0) is 30.7 Å². The van der Waals surface area contributed by atoms with Gasteiger partial charge in [-0.1, -0.05) is 47.5 Å². The van der Waals surface area contributed by atoms with Gasteiger partial charge >= 0.3 is 11.8 Å². The molecule has 2 aromatic rings. The Bertz CT molecular complexity index is 917. The van der Waals surface area contributed by atoms with Crippen LogP contribution in [-0.2, 0) is 20.9 Å². The van der Waals surface area contributed by atoms with Gasteiger partial charge in [0.25, 0.3) is 5.91 Å². The summed E-state index contributed by atoms with van der Waals surface area (Å²) in [5, 5.41) is 5.88. The van der Waals surface area contributed by atoms with Crippen molar-refractivity contribution in [2.24, 2.45) is 0 Å². The monoisotopic (exact) mass is 405 g/mol. The Morgan fingerprint density at radius 1 is 1.11 bits per heavy atom. The molecule has 0 radical (unpaired) electrons. The van der Waals surface area contributed by atoms with E-state index in [1.54, 1.807) is 35.2 Å². The molecule has 0 saturated carbocycles. The molecule has 0 spiro atoms. The molecule has 0 fully saturated rings. The van der Waals surface area contributed by atoms with E-state index in [1.165, 1.54) is 0 Å². The van der Waals surface area contributed by atoms with Gasteiger partial charge in [0, 0.05) is 34.4 Å². The first kappa shape index (κ1) is 19.2. The van der Waals surface area contributed by atoms with Crippen molar-refractivity contribution in [3.05, 3.63) is 63.6 Å². The zero-order valence-electron chi connectivity index (χ0n) is 14.5. The Balaban J connectivity index is 1.66. The molecule has 0 unspecified atom stereocenters. The number of halogens is 2. The van der Waals surface area contributed by atoms with Gasteiger partial charge in [-0.2, -0.15) is 0 Å². The quantitative estimate of drug-likeness (QED) is 0.767. The molecule has 0 bridgehead atoms. The molecule has 2 N–H and O–H groups in total. The van der Waals surface area contributed by atoms with Crippen LogP contribution in [0, 0.1) is 0 Å². The van der Waals surface area contributed by atoms with E-state index in [-0.39, 0.29) is 12.5 Å². The van der Waals surface area contributed by atoms with Gasteiger partial charge in [0.1, 0.15) is 6.04 Å². The Kier molecular flexibility index (Phi) is 5.68. The maximum absolute atomic E-state index is 12.6. The highest BCUT2D eigenvalue weighted by molar-refractivity contribution is 6.36. The summed E-state index contributed by atoms with van der Waals surface area (Å²) in [6.45, 7) is 2.39. The summed E-state index contributed by atoms with van der Waals surface area (Å²) in [6, 6.07) is 11.2. The fraction of sp³-hybridized carbons (Fsp3) is 0.211. The predicted octanol–water partition coefficient (Wildman–Crippen LogP) is 2.83. The summed E-state index contributed by atoms with van der Waals surface area (Å²) in [5.41, 5.74) is 2.04. The molecule has 6 nitrogen and oxygen atoms in total. The predicted molar refractivity (Wildman–Crippen MR) is 104 cm³/mol. The number of amides is 3. The van der Waals surface area contributed by atoms with Gasteiger partial charge in [-0.25, -0.2) is 0 Å². The number of para-hydroxylation sites is 1. The van der Waals surface area contributed by atoms with Crippen molar-refractivity contribution in [2.75, 3.05) is 11.4 Å². The van der Waals surface area contributed by atoms with Crippen LogP contribution in [0.1, 0.15) is 24.1 Å². The van der Waals surface area contributed by atoms with E-state index < -0.39 is 17.9 Å². The minimum Gasteiger partial charge on any atom is -0.344 e. The third kappa shape index (κ3) is 3.91. The molecule has 1 aliphatic rings. The number of anilines is 1. The number of rotatable bonds is 4. The van der Waals surface area contributed by atoms with Gasteiger partial charge in [0.15, 0.2) is 0 Å². The summed E-state index contributed by atoms with van der Waals surface area (Å²) < 4.78 is 0. The molecule has 8 heteroatoms. The Morgan fingerprint density at radius 2 is 1.85 bits per heavy atom. The molecule has 0 saturated heterocycles. The van der Waals surface area contributed by atoms with Crippen LogP contribution < -0.4 is 15.5 Å². The van der Waals surface area contributed by atoms with Crippen LogP contribution in [-0.4, -0.2) is 24.3 Å².